The second-order valence-electron chi connectivity index (χ2n) is 6.15. The molecule has 0 atom stereocenters. The van der Waals surface area contributed by atoms with Crippen molar-refractivity contribution in [2.75, 3.05) is 4.72 Å². The van der Waals surface area contributed by atoms with Crippen molar-refractivity contribution in [3.05, 3.63) is 79.1 Å². The predicted molar refractivity (Wildman–Crippen MR) is 108 cm³/mol. The van der Waals surface area contributed by atoms with Gasteiger partial charge in [0.25, 0.3) is 10.0 Å². The van der Waals surface area contributed by atoms with E-state index in [1.165, 1.54) is 17.1 Å². The first kappa shape index (κ1) is 18.6. The molecular formula is C20H17N5O3S. The van der Waals surface area contributed by atoms with Crippen LogP contribution < -0.4 is 9.46 Å². The van der Waals surface area contributed by atoms with Gasteiger partial charge < -0.3 is 4.74 Å². The number of aromatic nitrogens is 4. The van der Waals surface area contributed by atoms with Crippen LogP contribution in [0.25, 0.3) is 11.3 Å². The number of hydrogen-bond acceptors (Lipinski definition) is 6. The molecule has 2 aromatic carbocycles. The lowest BCUT2D eigenvalue weighted by Crippen LogP contribution is -2.15. The van der Waals surface area contributed by atoms with E-state index in [1.807, 2.05) is 48.5 Å². The minimum absolute atomic E-state index is 0.0132. The van der Waals surface area contributed by atoms with Crippen molar-refractivity contribution in [2.24, 2.45) is 7.05 Å². The Hall–Kier alpha value is -3.72. The molecule has 29 heavy (non-hydrogen) atoms. The maximum absolute atomic E-state index is 12.6. The number of ether oxygens (including phenoxy) is 1. The largest absolute Gasteiger partial charge is 0.439 e. The van der Waals surface area contributed by atoms with E-state index in [0.29, 0.717) is 11.4 Å². The number of nitrogens with one attached hydrogen (secondary N) is 1. The van der Waals surface area contributed by atoms with Crippen LogP contribution in [0.1, 0.15) is 0 Å². The van der Waals surface area contributed by atoms with Crippen LogP contribution in [0.2, 0.25) is 0 Å². The summed E-state index contributed by atoms with van der Waals surface area (Å²) in [5.74, 6) is 0.696. The molecule has 0 aliphatic rings. The summed E-state index contributed by atoms with van der Waals surface area (Å²) in [5, 5.41) is 3.90. The molecule has 146 valence electrons. The zero-order chi connectivity index (χ0) is 20.3. The third kappa shape index (κ3) is 4.41. The van der Waals surface area contributed by atoms with Crippen molar-refractivity contribution in [3.8, 4) is 22.9 Å². The molecule has 8 nitrogen and oxygen atoms in total. The third-order valence-corrected chi connectivity index (χ3v) is 5.24. The topological polar surface area (TPSA) is 99.0 Å². The Morgan fingerprint density at radius 2 is 1.66 bits per heavy atom. The molecule has 1 N–H and O–H groups in total. The van der Waals surface area contributed by atoms with Crippen LogP contribution in [-0.2, 0) is 17.1 Å². The van der Waals surface area contributed by atoms with Crippen LogP contribution in [0, 0.1) is 0 Å². The van der Waals surface area contributed by atoms with E-state index in [9.17, 15) is 8.42 Å². The second-order valence-corrected chi connectivity index (χ2v) is 7.83. The molecule has 0 unspecified atom stereocenters. The summed E-state index contributed by atoms with van der Waals surface area (Å²) < 4.78 is 34.9. The van der Waals surface area contributed by atoms with Gasteiger partial charge in [-0.2, -0.15) is 10.1 Å². The van der Waals surface area contributed by atoms with Crippen LogP contribution in [0.3, 0.4) is 0 Å². The van der Waals surface area contributed by atoms with Crippen LogP contribution >= 0.6 is 0 Å². The number of sulfonamides is 1. The van der Waals surface area contributed by atoms with Gasteiger partial charge in [0.05, 0.1) is 11.9 Å². The molecule has 0 saturated carbocycles. The summed E-state index contributed by atoms with van der Waals surface area (Å²) in [4.78, 5) is 8.59. The lowest BCUT2D eigenvalue weighted by Gasteiger charge is -2.10. The monoisotopic (exact) mass is 407 g/mol. The second kappa shape index (κ2) is 7.72. The van der Waals surface area contributed by atoms with Gasteiger partial charge in [-0.1, -0.05) is 48.5 Å². The molecule has 0 radical (unpaired) electrons. The molecule has 0 amide bonds. The number of nitrogens with zero attached hydrogens (tertiary/aromatic N) is 4. The summed E-state index contributed by atoms with van der Waals surface area (Å²) in [6.07, 6.45) is 2.65. The Labute approximate surface area is 167 Å². The van der Waals surface area contributed by atoms with Gasteiger partial charge in [-0.3, -0.25) is 4.68 Å². The van der Waals surface area contributed by atoms with Crippen LogP contribution in [0.4, 0.5) is 5.95 Å². The van der Waals surface area contributed by atoms with Gasteiger partial charge in [0.1, 0.15) is 10.6 Å². The van der Waals surface area contributed by atoms with Crippen molar-refractivity contribution in [1.29, 1.82) is 0 Å². The molecule has 0 saturated heterocycles. The summed E-state index contributed by atoms with van der Waals surface area (Å²) in [7, 11) is -2.26. The first-order valence-electron chi connectivity index (χ1n) is 8.68. The standard InChI is InChI=1S/C20H17N5O3S/c1-25-14-17(13-21-25)29(26,27)24-20-22-18(15-8-4-2-5-9-15)12-19(23-20)28-16-10-6-3-7-11-16/h2-14H,1H3,(H,22,23,24). The van der Waals surface area contributed by atoms with E-state index in [0.717, 1.165) is 5.56 Å². The molecule has 0 fully saturated rings. The molecule has 4 rings (SSSR count). The Balaban J connectivity index is 1.73. The highest BCUT2D eigenvalue weighted by molar-refractivity contribution is 7.92. The van der Waals surface area contributed by atoms with Crippen molar-refractivity contribution in [1.82, 2.24) is 19.7 Å². The van der Waals surface area contributed by atoms with Crippen LogP contribution in [0.5, 0.6) is 11.6 Å². The highest BCUT2D eigenvalue weighted by Crippen LogP contribution is 2.26. The number of benzene rings is 2. The fourth-order valence-corrected chi connectivity index (χ4v) is 3.53. The Morgan fingerprint density at radius 1 is 0.966 bits per heavy atom. The zero-order valence-electron chi connectivity index (χ0n) is 15.4. The third-order valence-electron chi connectivity index (χ3n) is 3.95. The maximum Gasteiger partial charge on any atom is 0.267 e. The van der Waals surface area contributed by atoms with Crippen LogP contribution in [-0.4, -0.2) is 28.2 Å². The van der Waals surface area contributed by atoms with Crippen molar-refractivity contribution in [2.45, 2.75) is 4.90 Å². The minimum atomic E-state index is -3.89. The summed E-state index contributed by atoms with van der Waals surface area (Å²) >= 11 is 0. The summed E-state index contributed by atoms with van der Waals surface area (Å²) in [6.45, 7) is 0. The zero-order valence-corrected chi connectivity index (χ0v) is 16.2. The van der Waals surface area contributed by atoms with Gasteiger partial charge in [0, 0.05) is 24.9 Å². The molecule has 9 heteroatoms. The van der Waals surface area contributed by atoms with Gasteiger partial charge in [-0.05, 0) is 12.1 Å². The van der Waals surface area contributed by atoms with Crippen molar-refractivity contribution in [3.63, 3.8) is 0 Å². The minimum Gasteiger partial charge on any atom is -0.439 e. The van der Waals surface area contributed by atoms with Gasteiger partial charge in [-0.25, -0.2) is 18.1 Å². The van der Waals surface area contributed by atoms with Crippen molar-refractivity contribution >= 4 is 16.0 Å². The van der Waals surface area contributed by atoms with E-state index >= 15 is 0 Å². The molecule has 0 spiro atoms. The highest BCUT2D eigenvalue weighted by atomic mass is 32.2. The molecular weight excluding hydrogens is 390 g/mol. The first-order chi connectivity index (χ1) is 14.0. The summed E-state index contributed by atoms with van der Waals surface area (Å²) in [5.41, 5.74) is 1.32. The number of hydrogen-bond donors (Lipinski definition) is 1. The maximum atomic E-state index is 12.6. The van der Waals surface area contributed by atoms with Crippen molar-refractivity contribution < 1.29 is 13.2 Å². The molecule has 0 aliphatic heterocycles. The normalized spacial score (nSPS) is 11.2. The number of rotatable bonds is 6. The fourth-order valence-electron chi connectivity index (χ4n) is 2.61. The molecule has 2 heterocycles. The quantitative estimate of drug-likeness (QED) is 0.525. The molecule has 0 aliphatic carbocycles. The van der Waals surface area contributed by atoms with Gasteiger partial charge in [-0.15, -0.1) is 0 Å². The SMILES string of the molecule is Cn1cc(S(=O)(=O)Nc2nc(Oc3ccccc3)cc(-c3ccccc3)n2)cn1. The van der Waals surface area contributed by atoms with Gasteiger partial charge in [0.2, 0.25) is 11.8 Å². The first-order valence-corrected chi connectivity index (χ1v) is 10.2. The van der Waals surface area contributed by atoms with Gasteiger partial charge >= 0.3 is 0 Å². The molecule has 4 aromatic rings. The highest BCUT2D eigenvalue weighted by Gasteiger charge is 2.19. The summed E-state index contributed by atoms with van der Waals surface area (Å²) in [6, 6.07) is 20.1. The smallest absolute Gasteiger partial charge is 0.267 e. The van der Waals surface area contributed by atoms with Gasteiger partial charge in [0.15, 0.2) is 0 Å². The number of anilines is 1. The Kier molecular flexibility index (Phi) is 4.96. The Bertz CT molecular complexity index is 1230. The van der Waals surface area contributed by atoms with E-state index < -0.39 is 10.0 Å². The average molecular weight is 407 g/mol. The predicted octanol–water partition coefficient (Wildman–Crippen LogP) is 3.47. The molecule has 0 bridgehead atoms. The van der Waals surface area contributed by atoms with E-state index in [2.05, 4.69) is 19.8 Å². The van der Waals surface area contributed by atoms with Crippen LogP contribution in [0.15, 0.2) is 84.0 Å². The van der Waals surface area contributed by atoms with E-state index in [-0.39, 0.29) is 16.7 Å². The number of aryl methyl sites for hydroxylation is 1. The Morgan fingerprint density at radius 3 is 2.31 bits per heavy atom. The van der Waals surface area contributed by atoms with E-state index in [1.54, 1.807) is 25.2 Å². The molecule has 2 aromatic heterocycles. The number of para-hydroxylation sites is 1. The lowest BCUT2D eigenvalue weighted by atomic mass is 10.1. The van der Waals surface area contributed by atoms with E-state index in [4.69, 9.17) is 4.74 Å². The fraction of sp³-hybridized carbons (Fsp3) is 0.0500. The lowest BCUT2D eigenvalue weighted by molar-refractivity contribution is 0.463. The average Bonchev–Trinajstić information content (AvgIpc) is 3.16.